The molecule has 1 N–H and O–H groups in total. The van der Waals surface area contributed by atoms with Crippen molar-refractivity contribution in [2.24, 2.45) is 0 Å². The first-order valence-corrected chi connectivity index (χ1v) is 10.7. The van der Waals surface area contributed by atoms with Gasteiger partial charge in [-0.05, 0) is 57.6 Å². The maximum absolute atomic E-state index is 12.6. The van der Waals surface area contributed by atoms with Crippen LogP contribution in [0.1, 0.15) is 35.0 Å². The van der Waals surface area contributed by atoms with Crippen LogP contribution in [-0.4, -0.2) is 46.0 Å². The van der Waals surface area contributed by atoms with E-state index < -0.39 is 0 Å². The van der Waals surface area contributed by atoms with Gasteiger partial charge in [-0.15, -0.1) is 0 Å². The number of hydrogen-bond acceptors (Lipinski definition) is 4. The third kappa shape index (κ3) is 4.30. The Hall–Kier alpha value is -3.25. The molecular formula is C25H29N5O. The summed E-state index contributed by atoms with van der Waals surface area (Å²) in [5.74, 6) is 0.0484. The van der Waals surface area contributed by atoms with Crippen LogP contribution in [0, 0.1) is 13.8 Å². The van der Waals surface area contributed by atoms with Gasteiger partial charge in [0.1, 0.15) is 0 Å². The Morgan fingerprint density at radius 1 is 1.06 bits per heavy atom. The molecule has 2 aromatic carbocycles. The summed E-state index contributed by atoms with van der Waals surface area (Å²) in [4.78, 5) is 19.6. The summed E-state index contributed by atoms with van der Waals surface area (Å²) in [6.45, 7) is 4.65. The summed E-state index contributed by atoms with van der Waals surface area (Å²) in [5, 5.41) is 8.86. The van der Waals surface area contributed by atoms with E-state index >= 15 is 0 Å². The standard InChI is InChI=1S/C25H29N5O/c1-17-20(18(2)30-25(27-17)21-12-8-9-13-22(21)28-30)14-15-24(31)26-16-23(29(3)4)19-10-6-5-7-11-19/h5-13,23H,14-16H2,1-4H3,(H,26,31). The average molecular weight is 416 g/mol. The van der Waals surface area contributed by atoms with Gasteiger partial charge < -0.3 is 10.2 Å². The zero-order chi connectivity index (χ0) is 22.0. The number of carbonyl (C=O) groups is 1. The number of benzene rings is 2. The first-order chi connectivity index (χ1) is 15.0. The first kappa shape index (κ1) is 21.0. The van der Waals surface area contributed by atoms with Crippen LogP contribution in [0.2, 0.25) is 0 Å². The molecule has 0 aliphatic carbocycles. The third-order valence-corrected chi connectivity index (χ3v) is 5.92. The van der Waals surface area contributed by atoms with E-state index in [2.05, 4.69) is 29.3 Å². The number of nitrogens with one attached hydrogen (secondary N) is 1. The minimum absolute atomic E-state index is 0.0484. The lowest BCUT2D eigenvalue weighted by molar-refractivity contribution is -0.121. The smallest absolute Gasteiger partial charge is 0.220 e. The van der Waals surface area contributed by atoms with E-state index in [0.29, 0.717) is 19.4 Å². The number of carbonyl (C=O) groups excluding carboxylic acids is 1. The summed E-state index contributed by atoms with van der Waals surface area (Å²) >= 11 is 0. The molecule has 1 atom stereocenters. The van der Waals surface area contributed by atoms with Crippen molar-refractivity contribution in [3.05, 3.63) is 77.1 Å². The largest absolute Gasteiger partial charge is 0.354 e. The van der Waals surface area contributed by atoms with Crippen molar-refractivity contribution in [1.29, 1.82) is 0 Å². The van der Waals surface area contributed by atoms with Crippen molar-refractivity contribution in [1.82, 2.24) is 24.8 Å². The molecular weight excluding hydrogens is 386 g/mol. The molecule has 6 heteroatoms. The number of hydrogen-bond donors (Lipinski definition) is 1. The highest BCUT2D eigenvalue weighted by Gasteiger charge is 2.17. The lowest BCUT2D eigenvalue weighted by Gasteiger charge is -2.25. The highest BCUT2D eigenvalue weighted by atomic mass is 16.1. The molecule has 2 aromatic heterocycles. The zero-order valence-corrected chi connectivity index (χ0v) is 18.6. The minimum atomic E-state index is 0.0484. The maximum atomic E-state index is 12.6. The lowest BCUT2D eigenvalue weighted by atomic mass is 10.0. The Labute approximate surface area is 182 Å². The Balaban J connectivity index is 1.46. The van der Waals surface area contributed by atoms with E-state index in [1.807, 2.05) is 68.0 Å². The molecule has 0 aliphatic rings. The molecule has 0 saturated heterocycles. The molecule has 2 heterocycles. The van der Waals surface area contributed by atoms with E-state index in [4.69, 9.17) is 10.1 Å². The number of nitrogens with zero attached hydrogens (tertiary/aromatic N) is 4. The fourth-order valence-electron chi connectivity index (χ4n) is 4.15. The summed E-state index contributed by atoms with van der Waals surface area (Å²) < 4.78 is 1.91. The van der Waals surface area contributed by atoms with Gasteiger partial charge in [-0.1, -0.05) is 42.5 Å². The van der Waals surface area contributed by atoms with Gasteiger partial charge in [-0.25, -0.2) is 9.50 Å². The van der Waals surface area contributed by atoms with Crippen LogP contribution in [-0.2, 0) is 11.2 Å². The third-order valence-electron chi connectivity index (χ3n) is 5.92. The molecule has 0 saturated carbocycles. The minimum Gasteiger partial charge on any atom is -0.354 e. The van der Waals surface area contributed by atoms with Crippen LogP contribution in [0.5, 0.6) is 0 Å². The van der Waals surface area contributed by atoms with Crippen molar-refractivity contribution >= 4 is 22.5 Å². The molecule has 160 valence electrons. The van der Waals surface area contributed by atoms with E-state index in [0.717, 1.165) is 33.5 Å². The van der Waals surface area contributed by atoms with E-state index in [9.17, 15) is 4.79 Å². The van der Waals surface area contributed by atoms with Gasteiger partial charge in [0.2, 0.25) is 5.91 Å². The number of rotatable bonds is 7. The molecule has 0 radical (unpaired) electrons. The average Bonchev–Trinajstić information content (AvgIpc) is 3.13. The number of fused-ring (bicyclic) bond motifs is 3. The second kappa shape index (κ2) is 8.86. The number of likely N-dealkylation sites (N-methyl/N-ethyl adjacent to an activating group) is 1. The maximum Gasteiger partial charge on any atom is 0.220 e. The predicted octanol–water partition coefficient (Wildman–Crippen LogP) is 3.85. The van der Waals surface area contributed by atoms with Gasteiger partial charge in [-0.2, -0.15) is 5.10 Å². The van der Waals surface area contributed by atoms with Crippen LogP contribution >= 0.6 is 0 Å². The summed E-state index contributed by atoms with van der Waals surface area (Å²) in [7, 11) is 4.07. The SMILES string of the molecule is Cc1nc2c3ccccc3nn2c(C)c1CCC(=O)NCC(c1ccccc1)N(C)C. The highest BCUT2D eigenvalue weighted by molar-refractivity contribution is 5.92. The number of amides is 1. The number of aryl methyl sites for hydroxylation is 2. The fraction of sp³-hybridized carbons (Fsp3) is 0.320. The molecule has 6 nitrogen and oxygen atoms in total. The first-order valence-electron chi connectivity index (χ1n) is 10.7. The highest BCUT2D eigenvalue weighted by Crippen LogP contribution is 2.23. The molecule has 0 bridgehead atoms. The summed E-state index contributed by atoms with van der Waals surface area (Å²) in [6, 6.07) is 18.4. The van der Waals surface area contributed by atoms with Gasteiger partial charge in [-0.3, -0.25) is 4.79 Å². The normalized spacial score (nSPS) is 12.5. The summed E-state index contributed by atoms with van der Waals surface area (Å²) in [6.07, 6.45) is 1.06. The molecule has 4 aromatic rings. The van der Waals surface area contributed by atoms with Gasteiger partial charge >= 0.3 is 0 Å². The topological polar surface area (TPSA) is 62.5 Å². The molecule has 1 amide bonds. The molecule has 31 heavy (non-hydrogen) atoms. The fourth-order valence-corrected chi connectivity index (χ4v) is 4.15. The molecule has 1 unspecified atom stereocenters. The second-order valence-electron chi connectivity index (χ2n) is 8.21. The van der Waals surface area contributed by atoms with Crippen molar-refractivity contribution in [3.8, 4) is 0 Å². The van der Waals surface area contributed by atoms with Crippen LogP contribution in [0.4, 0.5) is 0 Å². The van der Waals surface area contributed by atoms with Gasteiger partial charge in [0.25, 0.3) is 0 Å². The van der Waals surface area contributed by atoms with Crippen LogP contribution in [0.25, 0.3) is 16.6 Å². The Bertz CT molecular complexity index is 1210. The van der Waals surface area contributed by atoms with E-state index in [1.165, 1.54) is 5.56 Å². The second-order valence-corrected chi connectivity index (χ2v) is 8.21. The zero-order valence-electron chi connectivity index (χ0n) is 18.6. The Morgan fingerprint density at radius 3 is 2.52 bits per heavy atom. The predicted molar refractivity (Wildman–Crippen MR) is 124 cm³/mol. The van der Waals surface area contributed by atoms with E-state index in [1.54, 1.807) is 0 Å². The van der Waals surface area contributed by atoms with Crippen molar-refractivity contribution < 1.29 is 4.79 Å². The molecule has 4 rings (SSSR count). The van der Waals surface area contributed by atoms with Crippen LogP contribution < -0.4 is 5.32 Å². The Kier molecular flexibility index (Phi) is 6.00. The van der Waals surface area contributed by atoms with Gasteiger partial charge in [0.05, 0.1) is 11.6 Å². The van der Waals surface area contributed by atoms with Gasteiger partial charge in [0, 0.05) is 29.7 Å². The van der Waals surface area contributed by atoms with Crippen molar-refractivity contribution in [2.75, 3.05) is 20.6 Å². The van der Waals surface area contributed by atoms with Gasteiger partial charge in [0.15, 0.2) is 5.65 Å². The lowest BCUT2D eigenvalue weighted by Crippen LogP contribution is -2.34. The van der Waals surface area contributed by atoms with Crippen LogP contribution in [0.3, 0.4) is 0 Å². The van der Waals surface area contributed by atoms with Crippen LogP contribution in [0.15, 0.2) is 54.6 Å². The number of aromatic nitrogens is 3. The molecule has 0 fully saturated rings. The molecule has 0 spiro atoms. The quantitative estimate of drug-likeness (QED) is 0.498. The monoisotopic (exact) mass is 415 g/mol. The van der Waals surface area contributed by atoms with Crippen molar-refractivity contribution in [2.45, 2.75) is 32.7 Å². The molecule has 0 aliphatic heterocycles. The summed E-state index contributed by atoms with van der Waals surface area (Å²) in [5.41, 5.74) is 6.09. The van der Waals surface area contributed by atoms with Crippen molar-refractivity contribution in [3.63, 3.8) is 0 Å². The Morgan fingerprint density at radius 2 is 1.77 bits per heavy atom. The van der Waals surface area contributed by atoms with E-state index in [-0.39, 0.29) is 11.9 Å².